The zero-order valence-electron chi connectivity index (χ0n) is 16.8. The van der Waals surface area contributed by atoms with Gasteiger partial charge in [-0.05, 0) is 49.7 Å². The number of carbonyl (C=O) groups excluding carboxylic acids is 2. The zero-order chi connectivity index (χ0) is 22.0. The van der Waals surface area contributed by atoms with Crippen molar-refractivity contribution in [3.63, 3.8) is 0 Å². The number of fused-ring (bicyclic) bond motifs is 1. The average molecular weight is 442 g/mol. The number of primary amides is 1. The number of benzene rings is 1. The van der Waals surface area contributed by atoms with Gasteiger partial charge in [0.2, 0.25) is 11.8 Å². The van der Waals surface area contributed by atoms with Gasteiger partial charge in [0, 0.05) is 11.2 Å². The molecule has 1 atom stereocenters. The molecule has 10 heteroatoms. The third kappa shape index (κ3) is 4.25. The number of H-pyrrole nitrogens is 1. The topological polar surface area (TPSA) is 143 Å². The molecule has 0 spiro atoms. The minimum absolute atomic E-state index is 0.0996. The number of amides is 2. The van der Waals surface area contributed by atoms with E-state index in [0.29, 0.717) is 53.4 Å². The van der Waals surface area contributed by atoms with Crippen molar-refractivity contribution in [2.75, 3.05) is 18.0 Å². The summed E-state index contributed by atoms with van der Waals surface area (Å²) in [6.07, 6.45) is 3.93. The fourth-order valence-corrected chi connectivity index (χ4v) is 4.12. The molecule has 2 amide bonds. The molecule has 1 saturated heterocycles. The van der Waals surface area contributed by atoms with Gasteiger partial charge in [-0.1, -0.05) is 23.7 Å². The molecule has 3 aromatic rings. The number of aromatic amines is 1. The number of nitrogens with two attached hydrogens (primary N) is 2. The van der Waals surface area contributed by atoms with Crippen LogP contribution >= 0.6 is 11.6 Å². The van der Waals surface area contributed by atoms with Crippen LogP contribution in [0, 0.1) is 0 Å². The fraction of sp³-hybridized carbons (Fsp3) is 0.333. The van der Waals surface area contributed by atoms with Crippen LogP contribution in [0.5, 0.6) is 0 Å². The van der Waals surface area contributed by atoms with Gasteiger partial charge >= 0.3 is 0 Å². The number of hydrogen-bond acceptors (Lipinski definition) is 6. The van der Waals surface area contributed by atoms with E-state index in [1.807, 2.05) is 0 Å². The first-order valence-corrected chi connectivity index (χ1v) is 10.4. The quantitative estimate of drug-likeness (QED) is 0.458. The summed E-state index contributed by atoms with van der Waals surface area (Å²) >= 11 is 6.06. The van der Waals surface area contributed by atoms with E-state index in [-0.39, 0.29) is 12.3 Å². The fourth-order valence-electron chi connectivity index (χ4n) is 4.00. The average Bonchev–Trinajstić information content (AvgIpc) is 3.24. The van der Waals surface area contributed by atoms with Crippen LogP contribution in [0.4, 0.5) is 5.82 Å². The molecule has 3 heterocycles. The van der Waals surface area contributed by atoms with E-state index in [2.05, 4.69) is 20.3 Å². The maximum atomic E-state index is 14.0. The number of anilines is 1. The van der Waals surface area contributed by atoms with E-state index in [9.17, 15) is 9.59 Å². The van der Waals surface area contributed by atoms with Gasteiger partial charge in [-0.25, -0.2) is 9.97 Å². The Hall–Kier alpha value is -3.01. The summed E-state index contributed by atoms with van der Waals surface area (Å²) in [6.45, 7) is 1.25. The van der Waals surface area contributed by atoms with Gasteiger partial charge in [-0.3, -0.25) is 14.5 Å². The highest BCUT2D eigenvalue weighted by molar-refractivity contribution is 6.30. The molecule has 4 rings (SSSR count). The lowest BCUT2D eigenvalue weighted by Crippen LogP contribution is -2.61. The normalized spacial score (nSPS) is 16.7. The van der Waals surface area contributed by atoms with Crippen LogP contribution in [-0.2, 0) is 9.59 Å². The molecule has 1 aliphatic heterocycles. The number of rotatable bonds is 6. The van der Waals surface area contributed by atoms with E-state index in [1.165, 1.54) is 11.2 Å². The van der Waals surface area contributed by atoms with Crippen LogP contribution in [0.1, 0.15) is 30.9 Å². The summed E-state index contributed by atoms with van der Waals surface area (Å²) in [5, 5.41) is 4.42. The molecule has 1 fully saturated rings. The van der Waals surface area contributed by atoms with Gasteiger partial charge in [0.05, 0.1) is 23.4 Å². The van der Waals surface area contributed by atoms with E-state index >= 15 is 0 Å². The molecular formula is C21H24ClN7O2. The number of nitrogens with one attached hydrogen (secondary N) is 2. The Bertz CT molecular complexity index is 1090. The molecule has 9 nitrogen and oxygen atoms in total. The van der Waals surface area contributed by atoms with Crippen molar-refractivity contribution in [2.24, 2.45) is 11.5 Å². The van der Waals surface area contributed by atoms with Crippen molar-refractivity contribution in [3.05, 3.63) is 53.4 Å². The monoisotopic (exact) mass is 441 g/mol. The third-order valence-corrected chi connectivity index (χ3v) is 5.91. The molecule has 0 bridgehead atoms. The van der Waals surface area contributed by atoms with Crippen molar-refractivity contribution in [1.82, 2.24) is 20.3 Å². The molecule has 0 radical (unpaired) electrons. The molecule has 31 heavy (non-hydrogen) atoms. The summed E-state index contributed by atoms with van der Waals surface area (Å²) < 4.78 is 0. The molecule has 1 unspecified atom stereocenters. The number of halogens is 1. The second-order valence-corrected chi connectivity index (χ2v) is 8.19. The minimum atomic E-state index is -1.10. The first-order chi connectivity index (χ1) is 14.9. The van der Waals surface area contributed by atoms with Crippen LogP contribution < -0.4 is 21.7 Å². The van der Waals surface area contributed by atoms with Crippen LogP contribution in [0.2, 0.25) is 5.02 Å². The molecular weight excluding hydrogens is 418 g/mol. The maximum absolute atomic E-state index is 14.0. The first kappa shape index (κ1) is 21.2. The number of piperidine rings is 1. The third-order valence-electron chi connectivity index (χ3n) is 5.66. The summed E-state index contributed by atoms with van der Waals surface area (Å²) in [5.74, 6) is -0.481. The predicted molar refractivity (Wildman–Crippen MR) is 118 cm³/mol. The molecule has 2 aromatic heterocycles. The van der Waals surface area contributed by atoms with Gasteiger partial charge in [0.1, 0.15) is 17.8 Å². The van der Waals surface area contributed by atoms with Crippen molar-refractivity contribution in [2.45, 2.75) is 30.8 Å². The SMILES string of the molecule is NC(=O)CC(c1ccc(Cl)cc1)N(C(=O)C1(N)CCNCC1)c1ncnc2[nH]ccc12. The standard InChI is InChI=1S/C21H24ClN7O2/c22-14-3-1-13(2-4-14)16(11-17(23)30)29(20(31)21(24)6-9-25-10-7-21)19-15-5-8-26-18(15)27-12-28-19/h1-5,8,12,16,25H,6-7,9-11,24H2,(H2,23,30)(H,26,27,28). The number of nitrogens with zero attached hydrogens (tertiary/aromatic N) is 3. The van der Waals surface area contributed by atoms with Gasteiger partial charge in [0.25, 0.3) is 0 Å². The van der Waals surface area contributed by atoms with E-state index < -0.39 is 17.5 Å². The van der Waals surface area contributed by atoms with Gasteiger partial charge in [-0.2, -0.15) is 0 Å². The van der Waals surface area contributed by atoms with Crippen molar-refractivity contribution >= 4 is 40.3 Å². The highest BCUT2D eigenvalue weighted by Gasteiger charge is 2.43. The molecule has 1 aliphatic rings. The Morgan fingerprint density at radius 3 is 2.55 bits per heavy atom. The second kappa shape index (κ2) is 8.62. The van der Waals surface area contributed by atoms with Gasteiger partial charge < -0.3 is 21.8 Å². The van der Waals surface area contributed by atoms with Crippen LogP contribution in [0.25, 0.3) is 11.0 Å². The smallest absolute Gasteiger partial charge is 0.248 e. The highest BCUT2D eigenvalue weighted by Crippen LogP contribution is 2.36. The van der Waals surface area contributed by atoms with Gasteiger partial charge in [0.15, 0.2) is 0 Å². The lowest BCUT2D eigenvalue weighted by Gasteiger charge is -2.40. The van der Waals surface area contributed by atoms with Crippen molar-refractivity contribution in [3.8, 4) is 0 Å². The number of hydrogen-bond donors (Lipinski definition) is 4. The largest absolute Gasteiger partial charge is 0.370 e. The Morgan fingerprint density at radius 1 is 1.16 bits per heavy atom. The Morgan fingerprint density at radius 2 is 1.87 bits per heavy atom. The molecule has 162 valence electrons. The van der Waals surface area contributed by atoms with Crippen molar-refractivity contribution < 1.29 is 9.59 Å². The molecule has 1 aromatic carbocycles. The van der Waals surface area contributed by atoms with Gasteiger partial charge in [-0.15, -0.1) is 0 Å². The summed E-state index contributed by atoms with van der Waals surface area (Å²) in [6, 6.07) is 8.06. The summed E-state index contributed by atoms with van der Waals surface area (Å²) in [7, 11) is 0. The molecule has 0 aliphatic carbocycles. The Labute approximate surface area is 184 Å². The zero-order valence-corrected chi connectivity index (χ0v) is 17.6. The first-order valence-electron chi connectivity index (χ1n) is 10.0. The summed E-state index contributed by atoms with van der Waals surface area (Å²) in [4.78, 5) is 39.2. The lowest BCUT2D eigenvalue weighted by atomic mass is 9.86. The Kier molecular flexibility index (Phi) is 5.90. The molecule has 6 N–H and O–H groups in total. The second-order valence-electron chi connectivity index (χ2n) is 7.76. The van der Waals surface area contributed by atoms with E-state index in [0.717, 1.165) is 0 Å². The Balaban J connectivity index is 1.89. The van der Waals surface area contributed by atoms with E-state index in [4.69, 9.17) is 23.1 Å². The summed E-state index contributed by atoms with van der Waals surface area (Å²) in [5.41, 5.74) is 12.4. The number of aromatic nitrogens is 3. The highest BCUT2D eigenvalue weighted by atomic mass is 35.5. The van der Waals surface area contributed by atoms with E-state index in [1.54, 1.807) is 36.5 Å². The van der Waals surface area contributed by atoms with Crippen LogP contribution in [0.3, 0.4) is 0 Å². The minimum Gasteiger partial charge on any atom is -0.370 e. The van der Waals surface area contributed by atoms with Crippen LogP contribution in [-0.4, -0.2) is 45.4 Å². The maximum Gasteiger partial charge on any atom is 0.248 e. The van der Waals surface area contributed by atoms with Crippen molar-refractivity contribution in [1.29, 1.82) is 0 Å². The lowest BCUT2D eigenvalue weighted by molar-refractivity contribution is -0.125. The van der Waals surface area contributed by atoms with Crippen LogP contribution in [0.15, 0.2) is 42.9 Å². The predicted octanol–water partition coefficient (Wildman–Crippen LogP) is 1.64. The number of carbonyl (C=O) groups is 2. The molecule has 0 saturated carbocycles.